The van der Waals surface area contributed by atoms with Gasteiger partial charge in [-0.1, -0.05) is 0 Å². The van der Waals surface area contributed by atoms with Crippen molar-refractivity contribution in [3.05, 3.63) is 41.7 Å². The zero-order valence-electron chi connectivity index (χ0n) is 12.0. The second-order valence-electron chi connectivity index (χ2n) is 4.56. The topological polar surface area (TPSA) is 62.3 Å². The van der Waals surface area contributed by atoms with Crippen LogP contribution in [-0.2, 0) is 19.9 Å². The van der Waals surface area contributed by atoms with Crippen LogP contribution in [0.3, 0.4) is 0 Å². The number of methoxy groups -OCH3 is 1. The van der Waals surface area contributed by atoms with Crippen molar-refractivity contribution in [2.45, 2.75) is 12.8 Å². The molecule has 2 N–H and O–H groups in total. The van der Waals surface area contributed by atoms with Gasteiger partial charge >= 0.3 is 0 Å². The van der Waals surface area contributed by atoms with Crippen LogP contribution in [0.15, 0.2) is 30.5 Å². The number of hydrogen-bond donors (Lipinski definition) is 1. The molecule has 0 saturated carbocycles. The van der Waals surface area contributed by atoms with E-state index >= 15 is 0 Å². The first kappa shape index (κ1) is 14.4. The fourth-order valence-corrected chi connectivity index (χ4v) is 2.09. The third-order valence-corrected chi connectivity index (χ3v) is 3.22. The lowest BCUT2D eigenvalue weighted by Crippen LogP contribution is -2.09. The molecule has 1 aromatic carbocycles. The van der Waals surface area contributed by atoms with Gasteiger partial charge in [0.2, 0.25) is 0 Å². The summed E-state index contributed by atoms with van der Waals surface area (Å²) in [5.41, 5.74) is 7.87. The Hall–Kier alpha value is -2.01. The van der Waals surface area contributed by atoms with E-state index in [4.69, 9.17) is 15.2 Å². The number of ether oxygens (including phenoxy) is 2. The van der Waals surface area contributed by atoms with Crippen LogP contribution >= 0.6 is 0 Å². The fourth-order valence-electron chi connectivity index (χ4n) is 2.09. The van der Waals surface area contributed by atoms with Crippen molar-refractivity contribution in [1.82, 2.24) is 9.78 Å². The summed E-state index contributed by atoms with van der Waals surface area (Å²) in [6.07, 6.45) is 3.39. The maximum Gasteiger partial charge on any atom is 0.122 e. The molecule has 0 bridgehead atoms. The Bertz CT molecular complexity index is 552. The summed E-state index contributed by atoms with van der Waals surface area (Å²) >= 11 is 0. The molecule has 0 saturated heterocycles. The lowest BCUT2D eigenvalue weighted by atomic mass is 10.1. The lowest BCUT2D eigenvalue weighted by Gasteiger charge is -2.12. The van der Waals surface area contributed by atoms with Crippen LogP contribution in [0.5, 0.6) is 11.5 Å². The van der Waals surface area contributed by atoms with E-state index in [9.17, 15) is 0 Å². The first-order valence-corrected chi connectivity index (χ1v) is 6.71. The standard InChI is InChI=1S/C15H21N3O2/c1-18-13(6-9-17-18)7-10-20-15-4-3-14(19-2)11-12(15)5-8-16/h3-4,6,9,11H,5,7-8,10,16H2,1-2H3. The summed E-state index contributed by atoms with van der Waals surface area (Å²) in [5.74, 6) is 1.70. The van der Waals surface area contributed by atoms with E-state index in [1.165, 1.54) is 0 Å². The smallest absolute Gasteiger partial charge is 0.122 e. The van der Waals surface area contributed by atoms with Gasteiger partial charge in [0.15, 0.2) is 0 Å². The van der Waals surface area contributed by atoms with Crippen LogP contribution in [0.25, 0.3) is 0 Å². The van der Waals surface area contributed by atoms with E-state index in [0.717, 1.165) is 35.6 Å². The third kappa shape index (κ3) is 3.51. The van der Waals surface area contributed by atoms with Gasteiger partial charge < -0.3 is 15.2 Å². The monoisotopic (exact) mass is 275 g/mol. The second kappa shape index (κ2) is 6.96. The largest absolute Gasteiger partial charge is 0.497 e. The van der Waals surface area contributed by atoms with Crippen LogP contribution in [0.1, 0.15) is 11.3 Å². The van der Waals surface area contributed by atoms with E-state index in [1.54, 1.807) is 13.3 Å². The van der Waals surface area contributed by atoms with Gasteiger partial charge in [-0.05, 0) is 42.8 Å². The molecule has 0 spiro atoms. The minimum atomic E-state index is 0.589. The van der Waals surface area contributed by atoms with Crippen molar-refractivity contribution in [1.29, 1.82) is 0 Å². The highest BCUT2D eigenvalue weighted by Crippen LogP contribution is 2.24. The molecule has 0 aliphatic rings. The summed E-state index contributed by atoms with van der Waals surface area (Å²) in [6, 6.07) is 7.82. The molecule has 0 fully saturated rings. The molecule has 0 aliphatic carbocycles. The average molecular weight is 275 g/mol. The summed E-state index contributed by atoms with van der Waals surface area (Å²) in [7, 11) is 3.59. The maximum absolute atomic E-state index is 5.87. The van der Waals surface area contributed by atoms with Gasteiger partial charge in [0.05, 0.1) is 13.7 Å². The Morgan fingerprint density at radius 2 is 2.10 bits per heavy atom. The van der Waals surface area contributed by atoms with Gasteiger partial charge in [-0.2, -0.15) is 5.10 Å². The number of benzene rings is 1. The number of hydrogen-bond acceptors (Lipinski definition) is 4. The Balaban J connectivity index is 1.99. The molecule has 0 radical (unpaired) electrons. The third-order valence-electron chi connectivity index (χ3n) is 3.22. The quantitative estimate of drug-likeness (QED) is 0.833. The van der Waals surface area contributed by atoms with E-state index in [-0.39, 0.29) is 0 Å². The fraction of sp³-hybridized carbons (Fsp3) is 0.400. The predicted molar refractivity (Wildman–Crippen MR) is 78.2 cm³/mol. The molecule has 1 aromatic heterocycles. The molecule has 108 valence electrons. The highest BCUT2D eigenvalue weighted by Gasteiger charge is 2.06. The van der Waals surface area contributed by atoms with Crippen LogP contribution in [0, 0.1) is 0 Å². The van der Waals surface area contributed by atoms with Crippen molar-refractivity contribution in [2.75, 3.05) is 20.3 Å². The molecule has 5 nitrogen and oxygen atoms in total. The molecule has 5 heteroatoms. The summed E-state index contributed by atoms with van der Waals surface area (Å²) in [5, 5.41) is 4.14. The normalized spacial score (nSPS) is 10.6. The van der Waals surface area contributed by atoms with Crippen LogP contribution < -0.4 is 15.2 Å². The molecular weight excluding hydrogens is 254 g/mol. The molecule has 0 atom stereocenters. The van der Waals surface area contributed by atoms with Crippen LogP contribution in [-0.4, -0.2) is 30.0 Å². The molecule has 0 aliphatic heterocycles. The minimum absolute atomic E-state index is 0.589. The van der Waals surface area contributed by atoms with Crippen molar-refractivity contribution < 1.29 is 9.47 Å². The van der Waals surface area contributed by atoms with Gasteiger partial charge in [-0.25, -0.2) is 0 Å². The Kier molecular flexibility index (Phi) is 5.01. The minimum Gasteiger partial charge on any atom is -0.497 e. The van der Waals surface area contributed by atoms with Gasteiger partial charge in [0.1, 0.15) is 11.5 Å². The first-order valence-electron chi connectivity index (χ1n) is 6.71. The Morgan fingerprint density at radius 3 is 2.75 bits per heavy atom. The van der Waals surface area contributed by atoms with Gasteiger partial charge in [-0.3, -0.25) is 4.68 Å². The molecule has 2 aromatic rings. The van der Waals surface area contributed by atoms with Crippen molar-refractivity contribution in [3.8, 4) is 11.5 Å². The number of aromatic nitrogens is 2. The van der Waals surface area contributed by atoms with E-state index in [0.29, 0.717) is 13.2 Å². The summed E-state index contributed by atoms with van der Waals surface area (Å²) < 4.78 is 13.0. The number of nitrogens with two attached hydrogens (primary N) is 1. The lowest BCUT2D eigenvalue weighted by molar-refractivity contribution is 0.314. The predicted octanol–water partition coefficient (Wildman–Crippen LogP) is 1.55. The first-order chi connectivity index (χ1) is 9.74. The van der Waals surface area contributed by atoms with E-state index in [2.05, 4.69) is 5.10 Å². The maximum atomic E-state index is 5.87. The average Bonchev–Trinajstić information content (AvgIpc) is 2.86. The zero-order valence-corrected chi connectivity index (χ0v) is 12.0. The van der Waals surface area contributed by atoms with E-state index < -0.39 is 0 Å². The van der Waals surface area contributed by atoms with Crippen molar-refractivity contribution >= 4 is 0 Å². The molecule has 20 heavy (non-hydrogen) atoms. The molecule has 0 amide bonds. The van der Waals surface area contributed by atoms with E-state index in [1.807, 2.05) is 36.0 Å². The van der Waals surface area contributed by atoms with Crippen molar-refractivity contribution in [2.24, 2.45) is 12.8 Å². The highest BCUT2D eigenvalue weighted by molar-refractivity contribution is 5.40. The summed E-state index contributed by atoms with van der Waals surface area (Å²) in [4.78, 5) is 0. The number of rotatable bonds is 7. The van der Waals surface area contributed by atoms with Crippen molar-refractivity contribution in [3.63, 3.8) is 0 Å². The number of nitrogens with zero attached hydrogens (tertiary/aromatic N) is 2. The Morgan fingerprint density at radius 1 is 1.25 bits per heavy atom. The Labute approximate surface area is 119 Å². The molecule has 2 rings (SSSR count). The van der Waals surface area contributed by atoms with Gasteiger partial charge in [0.25, 0.3) is 0 Å². The second-order valence-corrected chi connectivity index (χ2v) is 4.56. The van der Waals surface area contributed by atoms with Crippen LogP contribution in [0.4, 0.5) is 0 Å². The number of aryl methyl sites for hydroxylation is 1. The summed E-state index contributed by atoms with van der Waals surface area (Å²) in [6.45, 7) is 1.20. The van der Waals surface area contributed by atoms with Crippen LogP contribution in [0.2, 0.25) is 0 Å². The molecular formula is C15H21N3O2. The van der Waals surface area contributed by atoms with Gasteiger partial charge in [0, 0.05) is 25.4 Å². The molecule has 0 unspecified atom stereocenters. The SMILES string of the molecule is COc1ccc(OCCc2ccnn2C)c(CCN)c1. The van der Waals surface area contributed by atoms with Gasteiger partial charge in [-0.15, -0.1) is 0 Å². The molecule has 1 heterocycles. The zero-order chi connectivity index (χ0) is 14.4. The highest BCUT2D eigenvalue weighted by atomic mass is 16.5.